The number of carbonyl (C=O) groups is 2. The van der Waals surface area contributed by atoms with Crippen molar-refractivity contribution < 1.29 is 19.2 Å². The van der Waals surface area contributed by atoms with Gasteiger partial charge in [-0.2, -0.15) is 0 Å². The lowest BCUT2D eigenvalue weighted by Crippen LogP contribution is -2.49. The van der Waals surface area contributed by atoms with E-state index in [1.165, 1.54) is 14.2 Å². The van der Waals surface area contributed by atoms with Crippen LogP contribution in [-0.2, 0) is 14.4 Å². The molecule has 23 heavy (non-hydrogen) atoms. The molecule has 0 aromatic rings. The molecule has 0 bridgehead atoms. The third-order valence-corrected chi connectivity index (χ3v) is 3.97. The van der Waals surface area contributed by atoms with Crippen LogP contribution in [0.3, 0.4) is 0 Å². The Morgan fingerprint density at radius 1 is 1.35 bits per heavy atom. The van der Waals surface area contributed by atoms with Crippen LogP contribution in [0.4, 0.5) is 4.79 Å². The molecular weight excluding hydrogens is 298 g/mol. The van der Waals surface area contributed by atoms with E-state index in [9.17, 15) is 9.59 Å². The number of ether oxygens (including phenoxy) is 1. The number of hydrogen-bond donors (Lipinski definition) is 2. The van der Waals surface area contributed by atoms with E-state index in [0.29, 0.717) is 12.3 Å². The minimum absolute atomic E-state index is 0.172. The van der Waals surface area contributed by atoms with Crippen molar-refractivity contribution in [2.45, 2.75) is 70.6 Å². The van der Waals surface area contributed by atoms with Gasteiger partial charge in [0.2, 0.25) is 0 Å². The zero-order chi connectivity index (χ0) is 17.6. The molecular formula is C16H31N3O4. The van der Waals surface area contributed by atoms with Crippen LogP contribution >= 0.6 is 0 Å². The van der Waals surface area contributed by atoms with Gasteiger partial charge in [-0.05, 0) is 46.0 Å². The van der Waals surface area contributed by atoms with Crippen molar-refractivity contribution >= 4 is 12.0 Å². The van der Waals surface area contributed by atoms with Gasteiger partial charge in [0.25, 0.3) is 5.91 Å². The van der Waals surface area contributed by atoms with E-state index in [0.717, 1.165) is 30.7 Å². The molecule has 0 saturated heterocycles. The van der Waals surface area contributed by atoms with Gasteiger partial charge in [0.05, 0.1) is 7.11 Å². The van der Waals surface area contributed by atoms with Gasteiger partial charge in [0, 0.05) is 13.1 Å². The fraction of sp³-hybridized carbons (Fsp3) is 0.875. The summed E-state index contributed by atoms with van der Waals surface area (Å²) in [6.07, 6.45) is 3.91. The van der Waals surface area contributed by atoms with Gasteiger partial charge < -0.3 is 15.8 Å². The highest BCUT2D eigenvalue weighted by molar-refractivity contribution is 5.84. The Balaban J connectivity index is 2.72. The van der Waals surface area contributed by atoms with Gasteiger partial charge in [0.1, 0.15) is 11.6 Å². The number of rotatable bonds is 5. The molecule has 3 N–H and O–H groups in total. The van der Waals surface area contributed by atoms with E-state index in [2.05, 4.69) is 5.32 Å². The Morgan fingerprint density at radius 3 is 2.52 bits per heavy atom. The Morgan fingerprint density at radius 2 is 2.00 bits per heavy atom. The van der Waals surface area contributed by atoms with Crippen molar-refractivity contribution in [2.24, 2.45) is 11.7 Å². The van der Waals surface area contributed by atoms with Crippen LogP contribution in [0.15, 0.2) is 0 Å². The van der Waals surface area contributed by atoms with Gasteiger partial charge in [-0.15, -0.1) is 0 Å². The summed E-state index contributed by atoms with van der Waals surface area (Å²) in [6, 6.07) is -0.503. The Hall–Kier alpha value is -1.34. The molecule has 0 aromatic carbocycles. The zero-order valence-corrected chi connectivity index (χ0v) is 14.9. The highest BCUT2D eigenvalue weighted by Gasteiger charge is 2.31. The topological polar surface area (TPSA) is 93.9 Å². The minimum Gasteiger partial charge on any atom is -0.444 e. The van der Waals surface area contributed by atoms with Crippen LogP contribution in [0.25, 0.3) is 0 Å². The van der Waals surface area contributed by atoms with Gasteiger partial charge in [-0.25, -0.2) is 9.86 Å². The highest BCUT2D eigenvalue weighted by atomic mass is 16.7. The number of amides is 2. The average Bonchev–Trinajstić information content (AvgIpc) is 2.43. The molecule has 1 rings (SSSR count). The van der Waals surface area contributed by atoms with E-state index < -0.39 is 17.7 Å². The van der Waals surface area contributed by atoms with E-state index in [1.807, 2.05) is 0 Å². The van der Waals surface area contributed by atoms with Crippen molar-refractivity contribution in [3.63, 3.8) is 0 Å². The monoisotopic (exact) mass is 329 g/mol. The average molecular weight is 329 g/mol. The summed E-state index contributed by atoms with van der Waals surface area (Å²) < 4.78 is 5.26. The molecule has 0 aromatic heterocycles. The molecule has 1 fully saturated rings. The van der Waals surface area contributed by atoms with Crippen LogP contribution in [0.1, 0.15) is 52.9 Å². The van der Waals surface area contributed by atoms with Crippen molar-refractivity contribution in [1.82, 2.24) is 10.4 Å². The highest BCUT2D eigenvalue weighted by Crippen LogP contribution is 2.27. The molecule has 1 saturated carbocycles. The predicted molar refractivity (Wildman–Crippen MR) is 87.5 cm³/mol. The molecule has 7 heteroatoms. The number of hydrogen-bond acceptors (Lipinski definition) is 5. The number of nitrogens with one attached hydrogen (secondary N) is 1. The molecule has 0 spiro atoms. The van der Waals surface area contributed by atoms with Gasteiger partial charge in [-0.3, -0.25) is 9.63 Å². The van der Waals surface area contributed by atoms with Crippen LogP contribution in [-0.4, -0.2) is 48.9 Å². The lowest BCUT2D eigenvalue weighted by molar-refractivity contribution is -0.171. The van der Waals surface area contributed by atoms with Crippen molar-refractivity contribution in [3.05, 3.63) is 0 Å². The number of nitrogens with two attached hydrogens (primary N) is 1. The third-order valence-electron chi connectivity index (χ3n) is 3.97. The summed E-state index contributed by atoms with van der Waals surface area (Å²) in [6.45, 7) is 5.35. The molecule has 0 radical (unpaired) electrons. The van der Waals surface area contributed by atoms with Crippen LogP contribution in [0.2, 0.25) is 0 Å². The summed E-state index contributed by atoms with van der Waals surface area (Å²) in [5.74, 6) is 0.0189. The van der Waals surface area contributed by atoms with Gasteiger partial charge in [0.15, 0.2) is 0 Å². The fourth-order valence-corrected chi connectivity index (χ4v) is 2.86. The number of carbonyl (C=O) groups excluding carboxylic acids is 2. The van der Waals surface area contributed by atoms with Crippen molar-refractivity contribution in [3.8, 4) is 0 Å². The molecule has 2 unspecified atom stereocenters. The second-order valence-electron chi connectivity index (χ2n) is 7.25. The van der Waals surface area contributed by atoms with Crippen molar-refractivity contribution in [2.75, 3.05) is 14.2 Å². The van der Waals surface area contributed by atoms with Crippen LogP contribution in [0, 0.1) is 5.92 Å². The fourth-order valence-electron chi connectivity index (χ4n) is 2.86. The predicted octanol–water partition coefficient (Wildman–Crippen LogP) is 1.81. The first-order chi connectivity index (χ1) is 10.6. The maximum absolute atomic E-state index is 12.4. The standard InChI is InChI=1S/C16H31N3O4/c1-16(2,3)23-15(21)18-13(14(20)19(4)22-5)10-11-7-6-8-12(17)9-11/h11-13H,6-10,17H2,1-5H3,(H,18,21)/t11?,12?,13-/m0/s1. The lowest BCUT2D eigenvalue weighted by atomic mass is 9.82. The first-order valence-electron chi connectivity index (χ1n) is 8.19. The molecule has 0 aliphatic heterocycles. The Bertz CT molecular complexity index is 409. The molecule has 1 aliphatic carbocycles. The normalized spacial score (nSPS) is 23.0. The zero-order valence-electron chi connectivity index (χ0n) is 14.9. The molecule has 3 atom stereocenters. The molecule has 2 amide bonds. The molecule has 7 nitrogen and oxygen atoms in total. The Kier molecular flexibility index (Phi) is 7.28. The van der Waals surface area contributed by atoms with Crippen LogP contribution < -0.4 is 11.1 Å². The van der Waals surface area contributed by atoms with Crippen molar-refractivity contribution in [1.29, 1.82) is 0 Å². The first-order valence-corrected chi connectivity index (χ1v) is 8.19. The molecule has 1 aliphatic rings. The van der Waals surface area contributed by atoms with Gasteiger partial charge >= 0.3 is 6.09 Å². The van der Waals surface area contributed by atoms with Crippen LogP contribution in [0.5, 0.6) is 0 Å². The number of alkyl carbamates (subject to hydrolysis) is 1. The second kappa shape index (κ2) is 8.49. The summed E-state index contributed by atoms with van der Waals surface area (Å²) in [5.41, 5.74) is 5.40. The second-order valence-corrected chi connectivity index (χ2v) is 7.25. The number of hydroxylamine groups is 2. The molecule has 0 heterocycles. The summed E-state index contributed by atoms with van der Waals surface area (Å²) >= 11 is 0. The number of likely N-dealkylation sites (N-methyl/N-ethyl adjacent to an activating group) is 1. The summed E-state index contributed by atoms with van der Waals surface area (Å²) in [5, 5.41) is 3.81. The third kappa shape index (κ3) is 7.18. The Labute approximate surface area is 138 Å². The largest absolute Gasteiger partial charge is 0.444 e. The number of nitrogens with zero attached hydrogens (tertiary/aromatic N) is 1. The SMILES string of the molecule is CON(C)C(=O)[C@H](CC1CCCC(N)C1)NC(=O)OC(C)(C)C. The minimum atomic E-state index is -0.676. The van der Waals surface area contributed by atoms with E-state index in [-0.39, 0.29) is 11.9 Å². The summed E-state index contributed by atoms with van der Waals surface area (Å²) in [4.78, 5) is 29.4. The van der Waals surface area contributed by atoms with Gasteiger partial charge in [-0.1, -0.05) is 12.8 Å². The summed E-state index contributed by atoms with van der Waals surface area (Å²) in [7, 11) is 2.94. The quantitative estimate of drug-likeness (QED) is 0.750. The smallest absolute Gasteiger partial charge is 0.408 e. The maximum atomic E-state index is 12.4. The maximum Gasteiger partial charge on any atom is 0.408 e. The van der Waals surface area contributed by atoms with E-state index in [1.54, 1.807) is 20.8 Å². The first kappa shape index (κ1) is 19.7. The van der Waals surface area contributed by atoms with E-state index in [4.69, 9.17) is 15.3 Å². The lowest BCUT2D eigenvalue weighted by Gasteiger charge is -2.31. The molecule has 134 valence electrons. The van der Waals surface area contributed by atoms with E-state index >= 15 is 0 Å².